The van der Waals surface area contributed by atoms with Crippen LogP contribution in [0.2, 0.25) is 0 Å². The van der Waals surface area contributed by atoms with Gasteiger partial charge in [0.2, 0.25) is 0 Å². The predicted molar refractivity (Wildman–Crippen MR) is 108 cm³/mol. The van der Waals surface area contributed by atoms with Gasteiger partial charge in [-0.05, 0) is 23.3 Å². The van der Waals surface area contributed by atoms with Gasteiger partial charge < -0.3 is 10.2 Å². The average molecular weight is 518 g/mol. The Morgan fingerprint density at radius 3 is 1.50 bits per heavy atom. The average Bonchev–Trinajstić information content (AvgIpc) is 2.65. The van der Waals surface area contributed by atoms with Crippen molar-refractivity contribution in [3.63, 3.8) is 0 Å². The minimum atomic E-state index is -0.797. The van der Waals surface area contributed by atoms with Gasteiger partial charge in [-0.1, -0.05) is 44.0 Å². The minimum Gasteiger partial charge on any atom is -0.502 e. The van der Waals surface area contributed by atoms with Gasteiger partial charge in [-0.3, -0.25) is 25.0 Å². The van der Waals surface area contributed by atoms with E-state index < -0.39 is 44.6 Å². The Balaban J connectivity index is 2.45. The molecule has 11 heteroatoms. The summed E-state index contributed by atoms with van der Waals surface area (Å²) in [4.78, 5) is 33.7. The van der Waals surface area contributed by atoms with Gasteiger partial charge >= 0.3 is 11.4 Å². The summed E-state index contributed by atoms with van der Waals surface area (Å²) in [5, 5.41) is 41.6. The molecule has 0 spiro atoms. The quantitative estimate of drug-likeness (QED) is 0.304. The first-order chi connectivity index (χ1) is 13.2. The zero-order chi connectivity index (χ0) is 21.0. The molecule has 0 saturated heterocycles. The van der Waals surface area contributed by atoms with E-state index in [1.807, 2.05) is 0 Å². The van der Waals surface area contributed by atoms with Crippen molar-refractivity contribution in [1.29, 1.82) is 0 Å². The molecule has 2 unspecified atom stereocenters. The molecule has 28 heavy (non-hydrogen) atoms. The van der Waals surface area contributed by atoms with Crippen LogP contribution in [0.25, 0.3) is 0 Å². The van der Waals surface area contributed by atoms with Crippen LogP contribution in [0.4, 0.5) is 11.4 Å². The van der Waals surface area contributed by atoms with Crippen molar-refractivity contribution >= 4 is 49.0 Å². The number of carbonyl (C=O) groups is 1. The largest absolute Gasteiger partial charge is 0.502 e. The summed E-state index contributed by atoms with van der Waals surface area (Å²) < 4.78 is 0. The van der Waals surface area contributed by atoms with Gasteiger partial charge in [-0.25, -0.2) is 0 Å². The number of carbonyl (C=O) groups excluding carboxylic acids is 1. The summed E-state index contributed by atoms with van der Waals surface area (Å²) in [7, 11) is 0. The number of Topliss-reactive ketones (excluding diaryl/α,β-unsaturated/α-hetero) is 1. The first kappa shape index (κ1) is 21.8. The third-order valence-corrected chi connectivity index (χ3v) is 5.49. The van der Waals surface area contributed by atoms with E-state index in [4.69, 9.17) is 0 Å². The number of alkyl halides is 2. The molecule has 2 rings (SSSR count). The van der Waals surface area contributed by atoms with Crippen LogP contribution in [0, 0.1) is 20.2 Å². The molecule has 148 valence electrons. The molecule has 0 aromatic heterocycles. The van der Waals surface area contributed by atoms with Gasteiger partial charge in [0.25, 0.3) is 0 Å². The molecule has 0 aliphatic rings. The first-order valence-electron chi connectivity index (χ1n) is 7.81. The number of hydrogen-bond donors (Lipinski definition) is 2. The molecule has 0 radical (unpaired) electrons. The lowest BCUT2D eigenvalue weighted by molar-refractivity contribution is -0.386. The zero-order valence-electron chi connectivity index (χ0n) is 14.1. The van der Waals surface area contributed by atoms with Crippen LogP contribution in [-0.2, 0) is 4.79 Å². The number of aromatic hydroxyl groups is 2. The molecule has 0 heterocycles. The Morgan fingerprint density at radius 2 is 1.21 bits per heavy atom. The predicted octanol–water partition coefficient (Wildman–Crippen LogP) is 4.14. The van der Waals surface area contributed by atoms with E-state index in [1.165, 1.54) is 12.1 Å². The van der Waals surface area contributed by atoms with Crippen LogP contribution < -0.4 is 0 Å². The monoisotopic (exact) mass is 516 g/mol. The van der Waals surface area contributed by atoms with Crippen molar-refractivity contribution in [2.75, 3.05) is 10.7 Å². The van der Waals surface area contributed by atoms with Crippen LogP contribution >= 0.6 is 31.9 Å². The summed E-state index contributed by atoms with van der Waals surface area (Å²) in [6.07, 6.45) is 0. The lowest BCUT2D eigenvalue weighted by Gasteiger charge is -2.20. The molecule has 2 N–H and O–H groups in total. The van der Waals surface area contributed by atoms with Gasteiger partial charge in [0.15, 0.2) is 11.5 Å². The second-order valence-corrected chi connectivity index (χ2v) is 7.12. The van der Waals surface area contributed by atoms with Crippen molar-refractivity contribution in [3.8, 4) is 11.5 Å². The van der Waals surface area contributed by atoms with Gasteiger partial charge in [0.1, 0.15) is 5.78 Å². The van der Waals surface area contributed by atoms with Gasteiger partial charge in [-0.2, -0.15) is 0 Å². The van der Waals surface area contributed by atoms with Crippen LogP contribution in [0.1, 0.15) is 23.0 Å². The lowest BCUT2D eigenvalue weighted by atomic mass is 9.85. The van der Waals surface area contributed by atoms with E-state index in [0.717, 1.165) is 24.3 Å². The Bertz CT molecular complexity index is 862. The standard InChI is InChI=1S/C17H14Br2N2O7/c18-7-11(9-1-3-15(22)13(5-9)20(25)26)17(24)12(8-19)10-2-4-16(23)14(6-10)21(27)28/h1-6,11-12,22-23H,7-8H2. The maximum absolute atomic E-state index is 13.1. The number of nitro benzene ring substituents is 2. The Kier molecular flexibility index (Phi) is 7.08. The molecule has 2 atom stereocenters. The topological polar surface area (TPSA) is 144 Å². The molecule has 0 amide bonds. The molecule has 0 bridgehead atoms. The third kappa shape index (κ3) is 4.47. The van der Waals surface area contributed by atoms with Gasteiger partial charge in [-0.15, -0.1) is 0 Å². The van der Waals surface area contributed by atoms with Crippen LogP contribution in [-0.4, -0.2) is 36.5 Å². The SMILES string of the molecule is O=C(C(CBr)c1ccc(O)c([N+](=O)[O-])c1)C(CBr)c1ccc(O)c([N+](=O)[O-])c1. The number of nitro groups is 2. The van der Waals surface area contributed by atoms with Crippen molar-refractivity contribution in [2.45, 2.75) is 11.8 Å². The second kappa shape index (κ2) is 9.11. The fourth-order valence-corrected chi connectivity index (χ4v) is 4.09. The van der Waals surface area contributed by atoms with Crippen molar-refractivity contribution < 1.29 is 24.9 Å². The van der Waals surface area contributed by atoms with E-state index in [0.29, 0.717) is 11.1 Å². The molecule has 9 nitrogen and oxygen atoms in total. The number of hydrogen-bond acceptors (Lipinski definition) is 7. The number of phenols is 2. The number of halogens is 2. The van der Waals surface area contributed by atoms with Crippen LogP contribution in [0.5, 0.6) is 11.5 Å². The van der Waals surface area contributed by atoms with E-state index in [-0.39, 0.29) is 16.4 Å². The number of rotatable bonds is 8. The summed E-state index contributed by atoms with van der Waals surface area (Å²) in [6.45, 7) is 0. The number of benzene rings is 2. The molecule has 0 aliphatic heterocycles. The Labute approximate surface area is 175 Å². The van der Waals surface area contributed by atoms with Gasteiger partial charge in [0, 0.05) is 22.8 Å². The number of phenolic OH excluding ortho intramolecular Hbond substituents is 2. The van der Waals surface area contributed by atoms with Gasteiger partial charge in [0.05, 0.1) is 21.7 Å². The van der Waals surface area contributed by atoms with E-state index in [2.05, 4.69) is 31.9 Å². The van der Waals surface area contributed by atoms with Crippen molar-refractivity contribution in [3.05, 3.63) is 67.8 Å². The molecule has 2 aromatic rings. The summed E-state index contributed by atoms with van der Waals surface area (Å²) in [5.74, 6) is -2.96. The molecule has 2 aromatic carbocycles. The summed E-state index contributed by atoms with van der Waals surface area (Å²) in [6, 6.07) is 7.37. The number of ketones is 1. The fourth-order valence-electron chi connectivity index (χ4n) is 2.71. The summed E-state index contributed by atoms with van der Waals surface area (Å²) >= 11 is 6.47. The van der Waals surface area contributed by atoms with Crippen molar-refractivity contribution in [1.82, 2.24) is 0 Å². The van der Waals surface area contributed by atoms with Crippen LogP contribution in [0.15, 0.2) is 36.4 Å². The zero-order valence-corrected chi connectivity index (χ0v) is 17.3. The minimum absolute atomic E-state index is 0.150. The van der Waals surface area contributed by atoms with E-state index in [9.17, 15) is 35.2 Å². The molecular formula is C17H14Br2N2O7. The Hall–Kier alpha value is -2.53. The highest BCUT2D eigenvalue weighted by atomic mass is 79.9. The fraction of sp³-hybridized carbons (Fsp3) is 0.235. The Morgan fingerprint density at radius 1 is 0.857 bits per heavy atom. The lowest BCUT2D eigenvalue weighted by Crippen LogP contribution is -2.23. The van der Waals surface area contributed by atoms with E-state index >= 15 is 0 Å². The highest BCUT2D eigenvalue weighted by Crippen LogP contribution is 2.36. The smallest absolute Gasteiger partial charge is 0.310 e. The third-order valence-electron chi connectivity index (χ3n) is 4.19. The van der Waals surface area contributed by atoms with Crippen molar-refractivity contribution in [2.24, 2.45) is 0 Å². The maximum Gasteiger partial charge on any atom is 0.310 e. The molecule has 0 aliphatic carbocycles. The summed E-state index contributed by atoms with van der Waals surface area (Å²) in [5.41, 5.74) is -0.393. The normalized spacial score (nSPS) is 12.9. The molecule has 0 saturated carbocycles. The highest BCUT2D eigenvalue weighted by Gasteiger charge is 2.31. The number of nitrogens with zero attached hydrogens (tertiary/aromatic N) is 2. The van der Waals surface area contributed by atoms with Crippen LogP contribution in [0.3, 0.4) is 0 Å². The molecular weight excluding hydrogens is 504 g/mol. The highest BCUT2D eigenvalue weighted by molar-refractivity contribution is 9.09. The van der Waals surface area contributed by atoms with E-state index in [1.54, 1.807) is 0 Å². The maximum atomic E-state index is 13.1. The first-order valence-corrected chi connectivity index (χ1v) is 10.1. The second-order valence-electron chi connectivity index (χ2n) is 5.83. The molecule has 0 fully saturated rings.